The third-order valence-electron chi connectivity index (χ3n) is 9.58. The molecule has 0 spiro atoms. The first-order valence-electron chi connectivity index (χ1n) is 13.2. The Bertz CT molecular complexity index is 760. The van der Waals surface area contributed by atoms with E-state index in [4.69, 9.17) is 10.6 Å². The van der Waals surface area contributed by atoms with Gasteiger partial charge in [0, 0.05) is 11.9 Å². The number of fused-ring (bicyclic) bond motifs is 5. The number of aliphatic carboxylic acids is 1. The van der Waals surface area contributed by atoms with Gasteiger partial charge in [0.05, 0.1) is 12.2 Å². The van der Waals surface area contributed by atoms with Gasteiger partial charge in [-0.15, -0.1) is 0 Å². The van der Waals surface area contributed by atoms with Crippen molar-refractivity contribution in [3.63, 3.8) is 0 Å². The van der Waals surface area contributed by atoms with Crippen LogP contribution in [0.3, 0.4) is 0 Å². The van der Waals surface area contributed by atoms with Crippen molar-refractivity contribution in [1.82, 2.24) is 0 Å². The van der Waals surface area contributed by atoms with Crippen LogP contribution in [0.5, 0.6) is 0 Å². The third-order valence-corrected chi connectivity index (χ3v) is 9.58. The van der Waals surface area contributed by atoms with Crippen molar-refractivity contribution >= 4 is 5.97 Å². The van der Waals surface area contributed by atoms with Gasteiger partial charge in [0.25, 0.3) is 0 Å². The van der Waals surface area contributed by atoms with E-state index < -0.39 is 42.3 Å². The molecule has 0 bridgehead atoms. The highest BCUT2D eigenvalue weighted by Crippen LogP contribution is 2.68. The Balaban J connectivity index is 1.64. The van der Waals surface area contributed by atoms with Crippen LogP contribution in [0, 0.1) is 46.3 Å². The second-order valence-corrected chi connectivity index (χ2v) is 10.7. The number of hydrogen-bond donors (Lipinski definition) is 3. The average Bonchev–Trinajstić information content (AvgIpc) is 3.04. The molecule has 4 fully saturated rings. The maximum Gasteiger partial charge on any atom is 0.303 e. The van der Waals surface area contributed by atoms with E-state index in [1.807, 2.05) is 6.92 Å². The predicted molar refractivity (Wildman–Crippen MR) is 109 cm³/mol. The Kier molecular flexibility index (Phi) is 4.19. The Hall–Kier alpha value is -0.610. The molecule has 28 heavy (non-hydrogen) atoms. The first-order valence-corrected chi connectivity index (χ1v) is 11.2. The van der Waals surface area contributed by atoms with Crippen LogP contribution >= 0.6 is 0 Å². The maximum atomic E-state index is 11.5. The van der Waals surface area contributed by atoms with Crippen LogP contribution in [-0.4, -0.2) is 33.5 Å². The fourth-order valence-corrected chi connectivity index (χ4v) is 8.03. The summed E-state index contributed by atoms with van der Waals surface area (Å²) >= 11 is 0. The second-order valence-electron chi connectivity index (χ2n) is 10.7. The van der Waals surface area contributed by atoms with Crippen molar-refractivity contribution < 1.29 is 25.6 Å². The van der Waals surface area contributed by atoms with Crippen LogP contribution in [-0.2, 0) is 4.79 Å². The van der Waals surface area contributed by atoms with E-state index in [9.17, 15) is 15.0 Å². The number of rotatable bonds is 4. The molecule has 4 saturated carbocycles. The molecule has 10 atom stereocenters. The summed E-state index contributed by atoms with van der Waals surface area (Å²) in [6.45, 7) is 6.31. The smallest absolute Gasteiger partial charge is 0.303 e. The number of aliphatic hydroxyl groups excluding tert-OH is 2. The number of aliphatic hydroxyl groups is 2. The zero-order valence-corrected chi connectivity index (χ0v) is 17.5. The Morgan fingerprint density at radius 1 is 1.18 bits per heavy atom. The molecular formula is C24H40O4. The fraction of sp³-hybridized carbons (Fsp3) is 0.958. The summed E-state index contributed by atoms with van der Waals surface area (Å²) in [6.07, 6.45) is -1.31. The van der Waals surface area contributed by atoms with Crippen molar-refractivity contribution in [2.75, 3.05) is 0 Å². The number of carboxylic acids is 1. The second kappa shape index (κ2) is 7.27. The van der Waals surface area contributed by atoms with Gasteiger partial charge in [-0.05, 0) is 104 Å². The Morgan fingerprint density at radius 2 is 1.93 bits per heavy atom. The summed E-state index contributed by atoms with van der Waals surface area (Å²) in [5.74, 6) is -0.0989. The zero-order chi connectivity index (χ0) is 23.9. The number of hydrogen-bond acceptors (Lipinski definition) is 3. The summed E-state index contributed by atoms with van der Waals surface area (Å²) in [7, 11) is 0. The molecule has 0 amide bonds. The van der Waals surface area contributed by atoms with E-state index >= 15 is 0 Å². The van der Waals surface area contributed by atoms with Crippen molar-refractivity contribution in [1.29, 1.82) is 0 Å². The molecule has 0 aromatic carbocycles. The molecule has 8 unspecified atom stereocenters. The number of carbonyl (C=O) groups is 1. The van der Waals surface area contributed by atoms with E-state index in [1.165, 1.54) is 0 Å². The van der Waals surface area contributed by atoms with Crippen molar-refractivity contribution in [2.45, 2.75) is 97.1 Å². The standard InChI is InChI=1S/C24H40O4/c1-14(4-9-22(27)28)18-7-8-19-17-6-5-15-12-16(25)10-11-23(15,2)20(17)13-21(26)24(18,19)3/h14-21,25-26H,4-13H2,1-3H3,(H,27,28)/t14?,15?,16?,17?,18?,19?,20?,21?,23-,24+/m0/s1/i10D2,12D2. The molecule has 0 radical (unpaired) electrons. The first kappa shape index (κ1) is 16.1. The predicted octanol–water partition coefficient (Wildman–Crippen LogP) is 4.48. The van der Waals surface area contributed by atoms with Gasteiger partial charge in [0.1, 0.15) is 0 Å². The Labute approximate surface area is 175 Å². The molecule has 160 valence electrons. The summed E-state index contributed by atoms with van der Waals surface area (Å²) in [5.41, 5.74) is -0.890. The molecule has 0 aromatic heterocycles. The van der Waals surface area contributed by atoms with Crippen LogP contribution < -0.4 is 0 Å². The molecule has 0 heterocycles. The minimum atomic E-state index is -1.99. The lowest BCUT2D eigenvalue weighted by Gasteiger charge is -2.62. The van der Waals surface area contributed by atoms with Crippen LogP contribution in [0.4, 0.5) is 0 Å². The fourth-order valence-electron chi connectivity index (χ4n) is 8.03. The summed E-state index contributed by atoms with van der Waals surface area (Å²) in [6, 6.07) is 0. The van der Waals surface area contributed by atoms with Gasteiger partial charge in [0.2, 0.25) is 0 Å². The van der Waals surface area contributed by atoms with E-state index in [0.717, 1.165) is 19.3 Å². The zero-order valence-electron chi connectivity index (χ0n) is 21.5. The topological polar surface area (TPSA) is 77.8 Å². The molecule has 4 nitrogen and oxygen atoms in total. The molecule has 4 aliphatic carbocycles. The minimum Gasteiger partial charge on any atom is -0.481 e. The monoisotopic (exact) mass is 396 g/mol. The molecule has 4 heteroatoms. The van der Waals surface area contributed by atoms with Crippen LogP contribution in [0.1, 0.15) is 90.4 Å². The molecule has 0 aliphatic heterocycles. The lowest BCUT2D eigenvalue weighted by molar-refractivity contribution is -0.175. The van der Waals surface area contributed by atoms with Crippen LogP contribution in [0.2, 0.25) is 0 Å². The normalized spacial score (nSPS) is 57.4. The largest absolute Gasteiger partial charge is 0.481 e. The van der Waals surface area contributed by atoms with Crippen molar-refractivity contribution in [2.24, 2.45) is 46.3 Å². The van der Waals surface area contributed by atoms with Gasteiger partial charge >= 0.3 is 5.97 Å². The lowest BCUT2D eigenvalue weighted by Crippen LogP contribution is -2.58. The van der Waals surface area contributed by atoms with E-state index in [2.05, 4.69) is 13.8 Å². The van der Waals surface area contributed by atoms with E-state index in [1.54, 1.807) is 0 Å². The number of carboxylic acid groups (broad SMARTS) is 1. The molecule has 0 aromatic rings. The third kappa shape index (κ3) is 3.05. The summed E-state index contributed by atoms with van der Waals surface area (Å²) in [5, 5.41) is 31.2. The lowest BCUT2D eigenvalue weighted by atomic mass is 9.43. The average molecular weight is 397 g/mol. The maximum absolute atomic E-state index is 11.5. The quantitative estimate of drug-likeness (QED) is 0.655. The van der Waals surface area contributed by atoms with Gasteiger partial charge in [0.15, 0.2) is 0 Å². The van der Waals surface area contributed by atoms with Gasteiger partial charge in [-0.3, -0.25) is 4.79 Å². The van der Waals surface area contributed by atoms with Crippen molar-refractivity contribution in [3.8, 4) is 0 Å². The van der Waals surface area contributed by atoms with Gasteiger partial charge in [-0.2, -0.15) is 0 Å². The van der Waals surface area contributed by atoms with Gasteiger partial charge in [-0.1, -0.05) is 20.8 Å². The van der Waals surface area contributed by atoms with Crippen LogP contribution in [0.25, 0.3) is 0 Å². The van der Waals surface area contributed by atoms with Crippen LogP contribution in [0.15, 0.2) is 0 Å². The van der Waals surface area contributed by atoms with Gasteiger partial charge < -0.3 is 15.3 Å². The molecule has 0 saturated heterocycles. The highest BCUT2D eigenvalue weighted by atomic mass is 16.4. The van der Waals surface area contributed by atoms with Gasteiger partial charge in [-0.25, -0.2) is 0 Å². The molecule has 4 aliphatic rings. The molecular weight excluding hydrogens is 352 g/mol. The molecule has 3 N–H and O–H groups in total. The SMILES string of the molecule is [2H]C1([2H])C[C@]2(C)C3CC(O)[C@]4(C)C(C(C)CCC(=O)O)CCC4C3CCC2C([2H])([2H])C1O. The van der Waals surface area contributed by atoms with Crippen molar-refractivity contribution in [3.05, 3.63) is 0 Å². The summed E-state index contributed by atoms with van der Waals surface area (Å²) < 4.78 is 34.1. The minimum absolute atomic E-state index is 0.0278. The summed E-state index contributed by atoms with van der Waals surface area (Å²) in [4.78, 5) is 11.1. The van der Waals surface area contributed by atoms with E-state index in [0.29, 0.717) is 25.2 Å². The molecule has 4 rings (SSSR count). The Morgan fingerprint density at radius 3 is 2.64 bits per heavy atom. The van der Waals surface area contributed by atoms with E-state index in [-0.39, 0.29) is 41.9 Å². The highest BCUT2D eigenvalue weighted by molar-refractivity contribution is 5.66. The first-order chi connectivity index (χ1) is 14.7. The highest BCUT2D eigenvalue weighted by Gasteiger charge is 2.63.